The van der Waals surface area contributed by atoms with Crippen molar-refractivity contribution in [3.8, 4) is 0 Å². The second-order valence-electron chi connectivity index (χ2n) is 4.92. The first kappa shape index (κ1) is 14.7. The van der Waals surface area contributed by atoms with E-state index in [9.17, 15) is 4.79 Å². The summed E-state index contributed by atoms with van der Waals surface area (Å²) < 4.78 is 5.19. The standard InChI is InChI=1S/C12H22N2O2.ClH/c1-2-16-6-5-14-12(15)10-8-3-4-9(7-8)11(10)13;/h8-11H,2-7,13H2,1H3,(H,14,15);1H. The zero-order valence-corrected chi connectivity index (χ0v) is 11.2. The number of ether oxygens (including phenoxy) is 1. The molecule has 0 aliphatic heterocycles. The Balaban J connectivity index is 0.00000144. The molecule has 4 atom stereocenters. The highest BCUT2D eigenvalue weighted by Gasteiger charge is 2.48. The predicted octanol–water partition coefficient (Wildman–Crippen LogP) is 0.934. The van der Waals surface area contributed by atoms with Crippen LogP contribution >= 0.6 is 12.4 Å². The Morgan fingerprint density at radius 1 is 1.41 bits per heavy atom. The zero-order chi connectivity index (χ0) is 11.5. The van der Waals surface area contributed by atoms with Crippen molar-refractivity contribution >= 4 is 18.3 Å². The zero-order valence-electron chi connectivity index (χ0n) is 10.4. The molecule has 0 radical (unpaired) electrons. The van der Waals surface area contributed by atoms with Crippen LogP contribution in [-0.2, 0) is 9.53 Å². The molecule has 4 unspecified atom stereocenters. The van der Waals surface area contributed by atoms with Gasteiger partial charge in [0, 0.05) is 19.2 Å². The van der Waals surface area contributed by atoms with Gasteiger partial charge in [-0.3, -0.25) is 4.79 Å². The Bertz CT molecular complexity index is 261. The van der Waals surface area contributed by atoms with Crippen LogP contribution in [0.2, 0.25) is 0 Å². The first-order chi connectivity index (χ1) is 7.74. The number of nitrogens with one attached hydrogen (secondary N) is 1. The Morgan fingerprint density at radius 3 is 2.71 bits per heavy atom. The molecule has 17 heavy (non-hydrogen) atoms. The topological polar surface area (TPSA) is 64.3 Å². The summed E-state index contributed by atoms with van der Waals surface area (Å²) in [7, 11) is 0. The number of rotatable bonds is 5. The van der Waals surface area contributed by atoms with E-state index in [2.05, 4.69) is 5.32 Å². The van der Waals surface area contributed by atoms with Gasteiger partial charge >= 0.3 is 0 Å². The summed E-state index contributed by atoms with van der Waals surface area (Å²) in [5, 5.41) is 2.93. The van der Waals surface area contributed by atoms with Crippen molar-refractivity contribution in [3.63, 3.8) is 0 Å². The minimum absolute atomic E-state index is 0. The molecular formula is C12H23ClN2O2. The molecule has 2 bridgehead atoms. The lowest BCUT2D eigenvalue weighted by atomic mass is 9.84. The van der Waals surface area contributed by atoms with Gasteiger partial charge in [0.15, 0.2) is 0 Å². The van der Waals surface area contributed by atoms with Crippen LogP contribution < -0.4 is 11.1 Å². The molecule has 0 aromatic carbocycles. The third-order valence-corrected chi connectivity index (χ3v) is 4.03. The maximum absolute atomic E-state index is 12.0. The molecular weight excluding hydrogens is 240 g/mol. The van der Waals surface area contributed by atoms with Crippen LogP contribution in [0.15, 0.2) is 0 Å². The lowest BCUT2D eigenvalue weighted by Crippen LogP contribution is -2.45. The number of carbonyl (C=O) groups excluding carboxylic acids is 1. The van der Waals surface area contributed by atoms with Gasteiger partial charge in [0.25, 0.3) is 0 Å². The van der Waals surface area contributed by atoms with Crippen molar-refractivity contribution < 1.29 is 9.53 Å². The maximum Gasteiger partial charge on any atom is 0.225 e. The third-order valence-electron chi connectivity index (χ3n) is 4.03. The molecule has 100 valence electrons. The number of amides is 1. The van der Waals surface area contributed by atoms with Gasteiger partial charge in [0.1, 0.15) is 0 Å². The van der Waals surface area contributed by atoms with E-state index in [0.29, 0.717) is 31.6 Å². The summed E-state index contributed by atoms with van der Waals surface area (Å²) in [4.78, 5) is 12.0. The van der Waals surface area contributed by atoms with Crippen molar-refractivity contribution in [3.05, 3.63) is 0 Å². The van der Waals surface area contributed by atoms with Crippen molar-refractivity contribution in [2.45, 2.75) is 32.2 Å². The summed E-state index contributed by atoms with van der Waals surface area (Å²) in [6.07, 6.45) is 3.56. The second kappa shape index (κ2) is 6.57. The molecule has 2 saturated carbocycles. The van der Waals surface area contributed by atoms with E-state index in [4.69, 9.17) is 10.5 Å². The van der Waals surface area contributed by atoms with Gasteiger partial charge in [-0.05, 0) is 38.0 Å². The van der Waals surface area contributed by atoms with Crippen LogP contribution in [0.5, 0.6) is 0 Å². The number of carbonyl (C=O) groups is 1. The largest absolute Gasteiger partial charge is 0.380 e. The molecule has 2 fully saturated rings. The van der Waals surface area contributed by atoms with Gasteiger partial charge in [-0.1, -0.05) is 0 Å². The Kier molecular flexibility index (Phi) is 5.70. The van der Waals surface area contributed by atoms with Crippen molar-refractivity contribution in [1.82, 2.24) is 5.32 Å². The molecule has 1 amide bonds. The molecule has 4 nitrogen and oxygen atoms in total. The molecule has 0 heterocycles. The minimum Gasteiger partial charge on any atom is -0.380 e. The van der Waals surface area contributed by atoms with E-state index in [1.165, 1.54) is 12.8 Å². The van der Waals surface area contributed by atoms with Gasteiger partial charge in [-0.25, -0.2) is 0 Å². The van der Waals surface area contributed by atoms with Crippen molar-refractivity contribution in [1.29, 1.82) is 0 Å². The first-order valence-corrected chi connectivity index (χ1v) is 6.35. The smallest absolute Gasteiger partial charge is 0.225 e. The molecule has 0 spiro atoms. The summed E-state index contributed by atoms with van der Waals surface area (Å²) in [6.45, 7) is 3.85. The van der Waals surface area contributed by atoms with Gasteiger partial charge in [-0.15, -0.1) is 12.4 Å². The van der Waals surface area contributed by atoms with Gasteiger partial charge in [0.2, 0.25) is 5.91 Å². The minimum atomic E-state index is 0. The fraction of sp³-hybridized carbons (Fsp3) is 0.917. The fourth-order valence-corrected chi connectivity index (χ4v) is 3.23. The average Bonchev–Trinajstić information content (AvgIpc) is 2.84. The van der Waals surface area contributed by atoms with E-state index in [0.717, 1.165) is 6.42 Å². The highest BCUT2D eigenvalue weighted by molar-refractivity contribution is 5.85. The van der Waals surface area contributed by atoms with E-state index in [1.807, 2.05) is 6.92 Å². The molecule has 2 aliphatic rings. The average molecular weight is 263 g/mol. The number of hydrogen-bond acceptors (Lipinski definition) is 3. The lowest BCUT2D eigenvalue weighted by molar-refractivity contribution is -0.127. The summed E-state index contributed by atoms with van der Waals surface area (Å²) in [5.41, 5.74) is 6.10. The quantitative estimate of drug-likeness (QED) is 0.725. The molecule has 0 saturated heterocycles. The lowest BCUT2D eigenvalue weighted by Gasteiger charge is -2.26. The van der Waals surface area contributed by atoms with Crippen LogP contribution in [0, 0.1) is 17.8 Å². The molecule has 3 N–H and O–H groups in total. The van der Waals surface area contributed by atoms with Gasteiger partial charge in [0.05, 0.1) is 12.5 Å². The van der Waals surface area contributed by atoms with Crippen LogP contribution in [0.1, 0.15) is 26.2 Å². The summed E-state index contributed by atoms with van der Waals surface area (Å²) >= 11 is 0. The van der Waals surface area contributed by atoms with E-state index < -0.39 is 0 Å². The normalized spacial score (nSPS) is 34.5. The third kappa shape index (κ3) is 3.12. The molecule has 2 rings (SSSR count). The van der Waals surface area contributed by atoms with Crippen molar-refractivity contribution in [2.24, 2.45) is 23.5 Å². The van der Waals surface area contributed by atoms with Gasteiger partial charge in [-0.2, -0.15) is 0 Å². The summed E-state index contributed by atoms with van der Waals surface area (Å²) in [5.74, 6) is 1.32. The monoisotopic (exact) mass is 262 g/mol. The van der Waals surface area contributed by atoms with Crippen LogP contribution in [0.4, 0.5) is 0 Å². The predicted molar refractivity (Wildman–Crippen MR) is 69.0 cm³/mol. The second-order valence-corrected chi connectivity index (χ2v) is 4.92. The first-order valence-electron chi connectivity index (χ1n) is 6.35. The molecule has 0 aromatic rings. The van der Waals surface area contributed by atoms with Crippen LogP contribution in [0.3, 0.4) is 0 Å². The SMILES string of the molecule is CCOCCNC(=O)C1C2CCC(C2)C1N.Cl. The van der Waals surface area contributed by atoms with Crippen molar-refractivity contribution in [2.75, 3.05) is 19.8 Å². The molecule has 5 heteroatoms. The van der Waals surface area contributed by atoms with Gasteiger partial charge < -0.3 is 15.8 Å². The number of fused-ring (bicyclic) bond motifs is 2. The number of nitrogens with two attached hydrogens (primary N) is 1. The number of hydrogen-bond donors (Lipinski definition) is 2. The highest BCUT2D eigenvalue weighted by Crippen LogP contribution is 2.47. The van der Waals surface area contributed by atoms with Crippen LogP contribution in [-0.4, -0.2) is 31.7 Å². The van der Waals surface area contributed by atoms with E-state index in [-0.39, 0.29) is 30.3 Å². The molecule has 2 aliphatic carbocycles. The highest BCUT2D eigenvalue weighted by atomic mass is 35.5. The van der Waals surface area contributed by atoms with Crippen LogP contribution in [0.25, 0.3) is 0 Å². The summed E-state index contributed by atoms with van der Waals surface area (Å²) in [6, 6.07) is 0.0887. The fourth-order valence-electron chi connectivity index (χ4n) is 3.23. The van der Waals surface area contributed by atoms with E-state index in [1.54, 1.807) is 0 Å². The Labute approximate surface area is 109 Å². The number of halogens is 1. The van der Waals surface area contributed by atoms with E-state index >= 15 is 0 Å². The maximum atomic E-state index is 12.0. The Morgan fingerprint density at radius 2 is 2.12 bits per heavy atom. The molecule has 0 aromatic heterocycles. The Hall–Kier alpha value is -0.320.